The second kappa shape index (κ2) is 6.83. The third-order valence-corrected chi connectivity index (χ3v) is 5.52. The van der Waals surface area contributed by atoms with Crippen LogP contribution in [-0.2, 0) is 11.3 Å². The number of benzene rings is 1. The highest BCUT2D eigenvalue weighted by Crippen LogP contribution is 2.28. The first kappa shape index (κ1) is 14.2. The summed E-state index contributed by atoms with van der Waals surface area (Å²) in [6.07, 6.45) is 1.28. The Balaban J connectivity index is 1.54. The number of morpholine rings is 1. The van der Waals surface area contributed by atoms with Crippen molar-refractivity contribution in [3.8, 4) is 0 Å². The van der Waals surface area contributed by atoms with E-state index in [9.17, 15) is 0 Å². The van der Waals surface area contributed by atoms with Gasteiger partial charge in [-0.3, -0.25) is 4.90 Å². The zero-order valence-corrected chi connectivity index (χ0v) is 13.0. The fourth-order valence-electron chi connectivity index (χ4n) is 2.86. The third-order valence-electron chi connectivity index (χ3n) is 4.19. The van der Waals surface area contributed by atoms with E-state index >= 15 is 0 Å². The number of hydrogen-bond acceptors (Lipinski definition) is 4. The van der Waals surface area contributed by atoms with Crippen LogP contribution < -0.4 is 5.32 Å². The van der Waals surface area contributed by atoms with Gasteiger partial charge in [0.2, 0.25) is 0 Å². The largest absolute Gasteiger partial charge is 0.381 e. The lowest BCUT2D eigenvalue weighted by Crippen LogP contribution is -2.35. The molecule has 0 bridgehead atoms. The van der Waals surface area contributed by atoms with E-state index in [1.165, 1.54) is 23.4 Å². The smallest absolute Gasteiger partial charge is 0.0594 e. The number of hydrogen-bond donors (Lipinski definition) is 1. The first-order valence-electron chi connectivity index (χ1n) is 7.58. The molecule has 0 radical (unpaired) electrons. The molecule has 0 aromatic heterocycles. The molecule has 3 rings (SSSR count). The van der Waals surface area contributed by atoms with Crippen molar-refractivity contribution in [2.75, 3.05) is 37.4 Å². The standard InChI is InChI=1S/C16H24N2OS/c1-13-16(6-11-20-13)17-15-4-2-14(3-5-15)12-18-7-9-19-10-8-18/h2-5,13,16-17H,6-12H2,1H3. The minimum Gasteiger partial charge on any atom is -0.381 e. The van der Waals surface area contributed by atoms with Crippen molar-refractivity contribution >= 4 is 17.4 Å². The molecule has 2 unspecified atom stereocenters. The lowest BCUT2D eigenvalue weighted by atomic mass is 10.1. The Morgan fingerprint density at radius 2 is 2.00 bits per heavy atom. The summed E-state index contributed by atoms with van der Waals surface area (Å²) in [7, 11) is 0. The summed E-state index contributed by atoms with van der Waals surface area (Å²) in [5.74, 6) is 1.29. The second-order valence-corrected chi connectivity index (χ2v) is 7.19. The molecule has 2 heterocycles. The van der Waals surface area contributed by atoms with E-state index in [-0.39, 0.29) is 0 Å². The van der Waals surface area contributed by atoms with Crippen LogP contribution >= 0.6 is 11.8 Å². The number of thioether (sulfide) groups is 1. The highest BCUT2D eigenvalue weighted by molar-refractivity contribution is 8.00. The van der Waals surface area contributed by atoms with Crippen molar-refractivity contribution in [3.63, 3.8) is 0 Å². The van der Waals surface area contributed by atoms with Gasteiger partial charge in [0.1, 0.15) is 0 Å². The summed E-state index contributed by atoms with van der Waals surface area (Å²) in [5, 5.41) is 4.39. The number of nitrogens with zero attached hydrogens (tertiary/aromatic N) is 1. The normalized spacial score (nSPS) is 27.6. The van der Waals surface area contributed by atoms with Crippen molar-refractivity contribution in [2.45, 2.75) is 31.2 Å². The van der Waals surface area contributed by atoms with Gasteiger partial charge in [0, 0.05) is 36.6 Å². The Bertz CT molecular complexity index is 417. The van der Waals surface area contributed by atoms with Crippen LogP contribution in [0.3, 0.4) is 0 Å². The molecule has 0 saturated carbocycles. The van der Waals surface area contributed by atoms with E-state index < -0.39 is 0 Å². The van der Waals surface area contributed by atoms with E-state index in [1.54, 1.807) is 0 Å². The maximum Gasteiger partial charge on any atom is 0.0594 e. The molecule has 3 nitrogen and oxygen atoms in total. The lowest BCUT2D eigenvalue weighted by molar-refractivity contribution is 0.0342. The van der Waals surface area contributed by atoms with E-state index in [4.69, 9.17) is 4.74 Å². The summed E-state index contributed by atoms with van der Waals surface area (Å²) < 4.78 is 5.39. The number of nitrogens with one attached hydrogen (secondary N) is 1. The van der Waals surface area contributed by atoms with E-state index in [1.807, 2.05) is 0 Å². The predicted octanol–water partition coefficient (Wildman–Crippen LogP) is 2.82. The molecule has 20 heavy (non-hydrogen) atoms. The van der Waals surface area contributed by atoms with Crippen molar-refractivity contribution in [1.82, 2.24) is 4.90 Å². The molecular weight excluding hydrogens is 268 g/mol. The van der Waals surface area contributed by atoms with Gasteiger partial charge in [-0.25, -0.2) is 0 Å². The van der Waals surface area contributed by atoms with E-state index in [2.05, 4.69) is 53.2 Å². The Labute approximate surface area is 126 Å². The molecule has 110 valence electrons. The Kier molecular flexibility index (Phi) is 4.86. The first-order valence-corrected chi connectivity index (χ1v) is 8.63. The number of anilines is 1. The maximum absolute atomic E-state index is 5.39. The van der Waals surface area contributed by atoms with Gasteiger partial charge in [-0.05, 0) is 29.9 Å². The Hall–Kier alpha value is -0.710. The average Bonchev–Trinajstić information content (AvgIpc) is 2.88. The molecule has 2 atom stereocenters. The van der Waals surface area contributed by atoms with E-state index in [0.717, 1.165) is 38.1 Å². The van der Waals surface area contributed by atoms with Crippen molar-refractivity contribution in [1.29, 1.82) is 0 Å². The van der Waals surface area contributed by atoms with Crippen LogP contribution in [0.5, 0.6) is 0 Å². The van der Waals surface area contributed by atoms with Gasteiger partial charge in [0.05, 0.1) is 13.2 Å². The van der Waals surface area contributed by atoms with Crippen molar-refractivity contribution in [2.24, 2.45) is 0 Å². The molecule has 0 aliphatic carbocycles. The molecule has 1 N–H and O–H groups in total. The van der Waals surface area contributed by atoms with E-state index in [0.29, 0.717) is 6.04 Å². The Morgan fingerprint density at radius 3 is 2.65 bits per heavy atom. The summed E-state index contributed by atoms with van der Waals surface area (Å²) in [5.41, 5.74) is 2.65. The highest BCUT2D eigenvalue weighted by atomic mass is 32.2. The van der Waals surface area contributed by atoms with Crippen LogP contribution in [-0.4, -0.2) is 48.2 Å². The van der Waals surface area contributed by atoms with Gasteiger partial charge in [-0.15, -0.1) is 0 Å². The fraction of sp³-hybridized carbons (Fsp3) is 0.625. The highest BCUT2D eigenvalue weighted by Gasteiger charge is 2.23. The summed E-state index contributed by atoms with van der Waals surface area (Å²) in [6, 6.07) is 9.59. The second-order valence-electron chi connectivity index (χ2n) is 5.70. The van der Waals surface area contributed by atoms with Gasteiger partial charge in [0.25, 0.3) is 0 Å². The molecule has 4 heteroatoms. The molecule has 2 aliphatic heterocycles. The van der Waals surface area contributed by atoms with Gasteiger partial charge >= 0.3 is 0 Å². The van der Waals surface area contributed by atoms with Gasteiger partial charge in [-0.2, -0.15) is 11.8 Å². The summed E-state index contributed by atoms with van der Waals surface area (Å²) in [6.45, 7) is 7.21. The SMILES string of the molecule is CC1SCCC1Nc1ccc(CN2CCOCC2)cc1. The van der Waals surface area contributed by atoms with Gasteiger partial charge < -0.3 is 10.1 Å². The molecular formula is C16H24N2OS. The minimum atomic E-state index is 0.630. The van der Waals surface area contributed by atoms with Crippen LogP contribution in [0, 0.1) is 0 Å². The third kappa shape index (κ3) is 3.68. The molecule has 0 amide bonds. The molecule has 0 spiro atoms. The molecule has 2 fully saturated rings. The lowest BCUT2D eigenvalue weighted by Gasteiger charge is -2.26. The van der Waals surface area contributed by atoms with Crippen molar-refractivity contribution < 1.29 is 4.74 Å². The van der Waals surface area contributed by atoms with Crippen LogP contribution in [0.1, 0.15) is 18.9 Å². The van der Waals surface area contributed by atoms with Crippen LogP contribution in [0.15, 0.2) is 24.3 Å². The molecule has 2 aliphatic rings. The average molecular weight is 292 g/mol. The summed E-state index contributed by atoms with van der Waals surface area (Å²) in [4.78, 5) is 2.46. The zero-order chi connectivity index (χ0) is 13.8. The van der Waals surface area contributed by atoms with Crippen molar-refractivity contribution in [3.05, 3.63) is 29.8 Å². The fourth-order valence-corrected chi connectivity index (χ4v) is 4.06. The predicted molar refractivity (Wildman–Crippen MR) is 86.5 cm³/mol. The van der Waals surface area contributed by atoms with Crippen LogP contribution in [0.4, 0.5) is 5.69 Å². The monoisotopic (exact) mass is 292 g/mol. The quantitative estimate of drug-likeness (QED) is 0.922. The topological polar surface area (TPSA) is 24.5 Å². The molecule has 2 saturated heterocycles. The first-order chi connectivity index (χ1) is 9.81. The van der Waals surface area contributed by atoms with Gasteiger partial charge in [0.15, 0.2) is 0 Å². The molecule has 1 aromatic rings. The van der Waals surface area contributed by atoms with Gasteiger partial charge in [-0.1, -0.05) is 19.1 Å². The number of rotatable bonds is 4. The summed E-state index contributed by atoms with van der Waals surface area (Å²) >= 11 is 2.07. The maximum atomic E-state index is 5.39. The Morgan fingerprint density at radius 1 is 1.25 bits per heavy atom. The number of ether oxygens (including phenoxy) is 1. The van der Waals surface area contributed by atoms with Crippen LogP contribution in [0.25, 0.3) is 0 Å². The minimum absolute atomic E-state index is 0.630. The zero-order valence-electron chi connectivity index (χ0n) is 12.2. The molecule has 1 aromatic carbocycles. The van der Waals surface area contributed by atoms with Crippen LogP contribution in [0.2, 0.25) is 0 Å².